The highest BCUT2D eigenvalue weighted by Gasteiger charge is 2.44. The normalized spacial score (nSPS) is 14.0. The Labute approximate surface area is 278 Å². The van der Waals surface area contributed by atoms with Crippen molar-refractivity contribution in [3.8, 4) is 0 Å². The predicted octanol–water partition coefficient (Wildman–Crippen LogP) is 0.613. The quantitative estimate of drug-likeness (QED) is 0.0392. The van der Waals surface area contributed by atoms with Crippen molar-refractivity contribution in [1.82, 2.24) is 9.55 Å². The third-order valence-electron chi connectivity index (χ3n) is 5.75. The smallest absolute Gasteiger partial charge is 0.432 e. The van der Waals surface area contributed by atoms with E-state index in [-0.39, 0.29) is 39.6 Å². The van der Waals surface area contributed by atoms with E-state index < -0.39 is 82.7 Å². The SMILES string of the molecule is COCCOCCOC(=O)OCOP(=O)(OCOC(=O)OCCOCCOC)OC[C@@](CF)(O[C@H](CN=O)n1ccc(=O)[nH]c1=O)[C@H](C)O. The van der Waals surface area contributed by atoms with Crippen molar-refractivity contribution in [2.24, 2.45) is 5.18 Å². The van der Waals surface area contributed by atoms with Crippen LogP contribution in [0.25, 0.3) is 0 Å². The van der Waals surface area contributed by atoms with E-state index in [0.29, 0.717) is 17.8 Å². The topological polar surface area (TPSA) is 266 Å². The molecule has 24 heteroatoms. The molecule has 0 saturated heterocycles. The van der Waals surface area contributed by atoms with E-state index in [0.717, 1.165) is 19.2 Å². The van der Waals surface area contributed by atoms with Crippen LogP contribution >= 0.6 is 7.82 Å². The number of aliphatic hydroxyl groups is 1. The summed E-state index contributed by atoms with van der Waals surface area (Å²) in [4.78, 5) is 60.5. The summed E-state index contributed by atoms with van der Waals surface area (Å²) in [5.74, 6) is 0. The highest BCUT2D eigenvalue weighted by molar-refractivity contribution is 7.48. The van der Waals surface area contributed by atoms with Gasteiger partial charge in [-0.05, 0) is 6.92 Å². The van der Waals surface area contributed by atoms with Crippen LogP contribution < -0.4 is 11.2 Å². The summed E-state index contributed by atoms with van der Waals surface area (Å²) in [6, 6.07) is 0.896. The van der Waals surface area contributed by atoms with Gasteiger partial charge in [-0.2, -0.15) is 4.91 Å². The van der Waals surface area contributed by atoms with Gasteiger partial charge in [-0.25, -0.2) is 32.4 Å². The van der Waals surface area contributed by atoms with Crippen LogP contribution in [0.15, 0.2) is 27.0 Å². The lowest BCUT2D eigenvalue weighted by molar-refractivity contribution is -0.197. The average Bonchev–Trinajstić information content (AvgIpc) is 3.06. The Morgan fingerprint density at radius 3 is 1.90 bits per heavy atom. The number of alkyl halides is 1. The number of phosphoric acid groups is 1. The summed E-state index contributed by atoms with van der Waals surface area (Å²) < 4.78 is 87.8. The highest BCUT2D eigenvalue weighted by Crippen LogP contribution is 2.50. The number of nitrogens with zero attached hydrogens (tertiary/aromatic N) is 2. The number of aliphatic hydroxyl groups excluding tert-OH is 1. The molecule has 282 valence electrons. The number of carbonyl (C=O) groups is 2. The van der Waals surface area contributed by atoms with Crippen molar-refractivity contribution in [3.63, 3.8) is 0 Å². The van der Waals surface area contributed by atoms with Gasteiger partial charge in [-0.15, -0.1) is 0 Å². The van der Waals surface area contributed by atoms with Crippen LogP contribution in [0.5, 0.6) is 0 Å². The van der Waals surface area contributed by atoms with Gasteiger partial charge in [-0.3, -0.25) is 18.9 Å². The number of methoxy groups -OCH3 is 2. The van der Waals surface area contributed by atoms with Crippen molar-refractivity contribution in [2.75, 3.05) is 100 Å². The van der Waals surface area contributed by atoms with Gasteiger partial charge in [0.05, 0.1) is 52.4 Å². The van der Waals surface area contributed by atoms with Crippen LogP contribution in [0.1, 0.15) is 13.2 Å². The van der Waals surface area contributed by atoms with Gasteiger partial charge in [-0.1, -0.05) is 5.18 Å². The minimum atomic E-state index is -5.02. The maximum absolute atomic E-state index is 14.6. The summed E-state index contributed by atoms with van der Waals surface area (Å²) in [6.45, 7) is -4.26. The molecule has 0 aliphatic carbocycles. The predicted molar refractivity (Wildman–Crippen MR) is 158 cm³/mol. The van der Waals surface area contributed by atoms with Crippen LogP contribution in [0, 0.1) is 4.91 Å². The molecule has 0 aliphatic rings. The highest BCUT2D eigenvalue weighted by atomic mass is 31.2. The minimum Gasteiger partial charge on any atom is -0.432 e. The molecule has 49 heavy (non-hydrogen) atoms. The number of aromatic nitrogens is 2. The zero-order valence-corrected chi connectivity index (χ0v) is 27.9. The number of hydrogen-bond donors (Lipinski definition) is 2. The molecule has 1 aromatic heterocycles. The Bertz CT molecular complexity index is 1230. The second-order valence-electron chi connectivity index (χ2n) is 9.19. The molecule has 0 fully saturated rings. The molecule has 1 rings (SSSR count). The molecule has 0 bridgehead atoms. The molecule has 0 unspecified atom stereocenters. The third-order valence-corrected chi connectivity index (χ3v) is 7.04. The monoisotopic (exact) mass is 737 g/mol. The van der Waals surface area contributed by atoms with E-state index in [1.807, 2.05) is 4.98 Å². The molecule has 2 N–H and O–H groups in total. The molecule has 1 heterocycles. The molecular weight excluding hydrogens is 696 g/mol. The first-order valence-corrected chi connectivity index (χ1v) is 15.7. The number of rotatable bonds is 28. The molecule has 22 nitrogen and oxygen atoms in total. The van der Waals surface area contributed by atoms with Crippen LogP contribution in [0.3, 0.4) is 0 Å². The first kappa shape index (κ1) is 43.6. The number of nitrogens with one attached hydrogen (secondary N) is 1. The van der Waals surface area contributed by atoms with E-state index in [1.54, 1.807) is 0 Å². The zero-order chi connectivity index (χ0) is 36.5. The first-order valence-electron chi connectivity index (χ1n) is 14.2. The van der Waals surface area contributed by atoms with E-state index in [4.69, 9.17) is 46.7 Å². The van der Waals surface area contributed by atoms with E-state index >= 15 is 0 Å². The Morgan fingerprint density at radius 2 is 1.45 bits per heavy atom. The van der Waals surface area contributed by atoms with Crippen molar-refractivity contribution in [2.45, 2.75) is 24.9 Å². The summed E-state index contributed by atoms with van der Waals surface area (Å²) in [5.41, 5.74) is -4.37. The molecule has 3 atom stereocenters. The fraction of sp³-hybridized carbons (Fsp3) is 0.760. The van der Waals surface area contributed by atoms with Gasteiger partial charge in [0.25, 0.3) is 5.56 Å². The zero-order valence-electron chi connectivity index (χ0n) is 27.0. The van der Waals surface area contributed by atoms with Crippen LogP contribution in [0.2, 0.25) is 0 Å². The number of carbonyl (C=O) groups excluding carboxylic acids is 2. The lowest BCUT2D eigenvalue weighted by Crippen LogP contribution is -2.52. The van der Waals surface area contributed by atoms with Gasteiger partial charge >= 0.3 is 25.8 Å². The van der Waals surface area contributed by atoms with E-state index in [2.05, 4.69) is 14.7 Å². The lowest BCUT2D eigenvalue weighted by Gasteiger charge is -2.37. The van der Waals surface area contributed by atoms with Gasteiger partial charge in [0.1, 0.15) is 32.0 Å². The van der Waals surface area contributed by atoms with Crippen molar-refractivity contribution >= 4 is 20.1 Å². The van der Waals surface area contributed by atoms with Crippen LogP contribution in [0.4, 0.5) is 14.0 Å². The molecule has 0 amide bonds. The summed E-state index contributed by atoms with van der Waals surface area (Å²) in [5, 5.41) is 13.1. The number of hydrogen-bond acceptors (Lipinski definition) is 20. The number of nitroso groups, excluding NO2 is 1. The number of phosphoric ester groups is 1. The van der Waals surface area contributed by atoms with Gasteiger partial charge in [0, 0.05) is 26.5 Å². The van der Waals surface area contributed by atoms with Crippen LogP contribution in [-0.4, -0.2) is 139 Å². The first-order chi connectivity index (χ1) is 23.5. The Balaban J connectivity index is 3.00. The van der Waals surface area contributed by atoms with Crippen molar-refractivity contribution in [1.29, 1.82) is 0 Å². The van der Waals surface area contributed by atoms with Crippen LogP contribution in [-0.2, 0) is 60.8 Å². The largest absolute Gasteiger partial charge is 0.510 e. The fourth-order valence-corrected chi connectivity index (χ4v) is 4.09. The van der Waals surface area contributed by atoms with Crippen molar-refractivity contribution in [3.05, 3.63) is 38.0 Å². The maximum Gasteiger partial charge on any atom is 0.510 e. The summed E-state index contributed by atoms with van der Waals surface area (Å²) >= 11 is 0. The molecule has 0 spiro atoms. The maximum atomic E-state index is 14.6. The molecule has 0 saturated carbocycles. The third kappa shape index (κ3) is 17.7. The fourth-order valence-electron chi connectivity index (χ4n) is 3.12. The summed E-state index contributed by atoms with van der Waals surface area (Å²) in [7, 11) is -2.08. The van der Waals surface area contributed by atoms with Gasteiger partial charge in [0.15, 0.2) is 6.23 Å². The Kier molecular flexibility index (Phi) is 22.0. The van der Waals surface area contributed by atoms with Crippen molar-refractivity contribution < 1.29 is 79.9 Å². The second kappa shape index (κ2) is 24.7. The number of halogens is 1. The second-order valence-corrected chi connectivity index (χ2v) is 10.9. The molecule has 0 aliphatic heterocycles. The number of aromatic amines is 1. The molecule has 0 aromatic carbocycles. The van der Waals surface area contributed by atoms with Gasteiger partial charge in [0.2, 0.25) is 13.6 Å². The summed E-state index contributed by atoms with van der Waals surface area (Å²) in [6.07, 6.45) is -5.20. The minimum absolute atomic E-state index is 0.00673. The van der Waals surface area contributed by atoms with E-state index in [9.17, 15) is 38.1 Å². The average molecular weight is 738 g/mol. The molecule has 1 aromatic rings. The lowest BCUT2D eigenvalue weighted by atomic mass is 10.0. The molecule has 0 radical (unpaired) electrons. The number of H-pyrrole nitrogens is 1. The Morgan fingerprint density at radius 1 is 0.918 bits per heavy atom. The number of ether oxygens (including phenoxy) is 9. The molecular formula is C25H41FN3O19P. The standard InChI is InChI=1S/C25H41FN3O19P/c1-19(30)25(15-26,48-21(14-27-35)29-5-4-20(31)28-22(29)32)16-45-49(36,46-17-43-23(33)41-12-10-39-8-6-37-2)47-18-44-24(34)42-13-11-40-9-7-38-3/h4-5,19,21,30H,6-18H2,1-3H3,(H,28,31,32)/t19-,21+,25+/m0/s1. The Hall–Kier alpha value is -3.38. The van der Waals surface area contributed by atoms with Gasteiger partial charge < -0.3 is 47.7 Å². The van der Waals surface area contributed by atoms with E-state index in [1.165, 1.54) is 14.2 Å².